The summed E-state index contributed by atoms with van der Waals surface area (Å²) in [5.74, 6) is 0.210. The average molecular weight is 583 g/mol. The third-order valence-electron chi connectivity index (χ3n) is 4.64. The molecular weight excluding hydrogens is 568 g/mol. The van der Waals surface area contributed by atoms with Crippen LogP contribution < -0.4 is 14.2 Å². The summed E-state index contributed by atoms with van der Waals surface area (Å²) < 4.78 is 40.0. The highest BCUT2D eigenvalue weighted by atomic mass is 35.5. The molecule has 0 radical (unpaired) electrons. The number of alkyl halides is 2. The van der Waals surface area contributed by atoms with E-state index in [1.807, 2.05) is 0 Å². The summed E-state index contributed by atoms with van der Waals surface area (Å²) in [4.78, 5) is 12.4. The predicted octanol–water partition coefficient (Wildman–Crippen LogP) is 9.04. The fourth-order valence-corrected chi connectivity index (χ4v) is 4.18. The summed E-state index contributed by atoms with van der Waals surface area (Å²) >= 11 is 30.6. The van der Waals surface area contributed by atoms with Crippen LogP contribution in [0.25, 0.3) is 6.08 Å². The normalized spacial score (nSPS) is 11.2. The number of rotatable bonds is 9. The third-order valence-corrected chi connectivity index (χ3v) is 6.88. The molecule has 3 rings (SSSR count). The van der Waals surface area contributed by atoms with E-state index in [0.29, 0.717) is 22.4 Å². The van der Waals surface area contributed by atoms with E-state index in [1.54, 1.807) is 24.3 Å². The van der Waals surface area contributed by atoms with Crippen molar-refractivity contribution in [3.05, 3.63) is 90.3 Å². The van der Waals surface area contributed by atoms with Gasteiger partial charge in [0, 0.05) is 11.1 Å². The van der Waals surface area contributed by atoms with Crippen molar-refractivity contribution in [2.45, 2.75) is 13.2 Å². The van der Waals surface area contributed by atoms with E-state index in [0.717, 1.165) is 0 Å². The standard InChI is InChI=1S/C24H15Cl5F2O4/c1-33-17-9-3-12(2-8-16(32)13-4-6-15(7-5-13)35-24(30)31)10-14(17)11-34-23-21(28)19(26)18(25)20(27)22(23)29/h2-10,24H,11H2,1H3/b8-2+. The topological polar surface area (TPSA) is 44.8 Å². The first kappa shape index (κ1) is 27.4. The fourth-order valence-electron chi connectivity index (χ4n) is 2.95. The third kappa shape index (κ3) is 6.72. The molecule has 3 aromatic rings. The number of hydrogen-bond acceptors (Lipinski definition) is 4. The van der Waals surface area contributed by atoms with Gasteiger partial charge in [-0.3, -0.25) is 4.79 Å². The number of carbonyl (C=O) groups is 1. The molecule has 0 saturated heterocycles. The zero-order chi connectivity index (χ0) is 25.7. The number of allylic oxidation sites excluding steroid dienone is 1. The van der Waals surface area contributed by atoms with Crippen LogP contribution in [0, 0.1) is 0 Å². The van der Waals surface area contributed by atoms with Crippen molar-refractivity contribution in [2.24, 2.45) is 0 Å². The van der Waals surface area contributed by atoms with Crippen LogP contribution in [-0.2, 0) is 6.61 Å². The van der Waals surface area contributed by atoms with Crippen LogP contribution in [0.4, 0.5) is 8.78 Å². The Hall–Kier alpha value is -2.22. The Morgan fingerprint density at radius 1 is 0.914 bits per heavy atom. The SMILES string of the molecule is COc1ccc(/C=C/C(=O)c2ccc(OC(F)F)cc2)cc1COc1c(Cl)c(Cl)c(Cl)c(Cl)c1Cl. The maximum absolute atomic E-state index is 12.4. The van der Waals surface area contributed by atoms with Crippen molar-refractivity contribution in [1.29, 1.82) is 0 Å². The molecule has 0 spiro atoms. The molecule has 4 nitrogen and oxygen atoms in total. The summed E-state index contributed by atoms with van der Waals surface area (Å²) in [6.07, 6.45) is 2.94. The van der Waals surface area contributed by atoms with Crippen LogP contribution in [0.2, 0.25) is 25.1 Å². The Morgan fingerprint density at radius 3 is 2.09 bits per heavy atom. The zero-order valence-corrected chi connectivity index (χ0v) is 21.5. The van der Waals surface area contributed by atoms with Gasteiger partial charge >= 0.3 is 6.61 Å². The lowest BCUT2D eigenvalue weighted by Crippen LogP contribution is -2.02. The first-order valence-electron chi connectivity index (χ1n) is 9.70. The van der Waals surface area contributed by atoms with Crippen LogP contribution in [0.15, 0.2) is 48.5 Å². The summed E-state index contributed by atoms with van der Waals surface area (Å²) in [6.45, 7) is -2.96. The van der Waals surface area contributed by atoms with Gasteiger partial charge in [-0.05, 0) is 48.0 Å². The van der Waals surface area contributed by atoms with Crippen molar-refractivity contribution in [1.82, 2.24) is 0 Å². The Labute approximate surface area is 224 Å². The molecule has 35 heavy (non-hydrogen) atoms. The van der Waals surface area contributed by atoms with Crippen molar-refractivity contribution in [2.75, 3.05) is 7.11 Å². The molecular formula is C24H15Cl5F2O4. The zero-order valence-electron chi connectivity index (χ0n) is 17.8. The number of ketones is 1. The van der Waals surface area contributed by atoms with Gasteiger partial charge in [0.2, 0.25) is 0 Å². The molecule has 0 fully saturated rings. The van der Waals surface area contributed by atoms with Gasteiger partial charge < -0.3 is 14.2 Å². The van der Waals surface area contributed by atoms with Crippen molar-refractivity contribution < 1.29 is 27.8 Å². The molecule has 3 aromatic carbocycles. The Bertz CT molecular complexity index is 1230. The lowest BCUT2D eigenvalue weighted by Gasteiger charge is -2.15. The van der Waals surface area contributed by atoms with E-state index in [-0.39, 0.29) is 49.0 Å². The molecule has 0 saturated carbocycles. The minimum absolute atomic E-state index is 0.00805. The van der Waals surface area contributed by atoms with Gasteiger partial charge in [-0.1, -0.05) is 70.1 Å². The van der Waals surface area contributed by atoms with E-state index in [4.69, 9.17) is 67.5 Å². The summed E-state index contributed by atoms with van der Waals surface area (Å²) in [5.41, 5.74) is 1.59. The molecule has 0 aromatic heterocycles. The van der Waals surface area contributed by atoms with Gasteiger partial charge in [0.15, 0.2) is 11.5 Å². The van der Waals surface area contributed by atoms with E-state index >= 15 is 0 Å². The maximum Gasteiger partial charge on any atom is 0.387 e. The van der Waals surface area contributed by atoms with Crippen LogP contribution in [0.5, 0.6) is 17.2 Å². The Kier molecular flexibility index (Phi) is 9.50. The second-order valence-corrected chi connectivity index (χ2v) is 8.75. The number of benzene rings is 3. The monoisotopic (exact) mass is 580 g/mol. The minimum atomic E-state index is -2.94. The second kappa shape index (κ2) is 12.2. The first-order valence-corrected chi connectivity index (χ1v) is 11.6. The van der Waals surface area contributed by atoms with Crippen molar-refractivity contribution >= 4 is 69.9 Å². The molecule has 0 unspecified atom stereocenters. The van der Waals surface area contributed by atoms with Gasteiger partial charge in [-0.2, -0.15) is 8.78 Å². The lowest BCUT2D eigenvalue weighted by atomic mass is 10.1. The number of hydrogen-bond donors (Lipinski definition) is 0. The van der Waals surface area contributed by atoms with Gasteiger partial charge in [0.1, 0.15) is 28.2 Å². The Balaban J connectivity index is 1.78. The highest BCUT2D eigenvalue weighted by Crippen LogP contribution is 2.48. The summed E-state index contributed by atoms with van der Waals surface area (Å²) in [6, 6.07) is 10.6. The molecule has 184 valence electrons. The van der Waals surface area contributed by atoms with E-state index < -0.39 is 6.61 Å². The molecule has 0 aliphatic heterocycles. The highest BCUT2D eigenvalue weighted by molar-refractivity contribution is 6.55. The molecule has 0 atom stereocenters. The van der Waals surface area contributed by atoms with Gasteiger partial charge in [-0.25, -0.2) is 0 Å². The molecule has 0 aliphatic rings. The minimum Gasteiger partial charge on any atom is -0.496 e. The summed E-state index contributed by atoms with van der Waals surface area (Å²) in [5, 5.41) is 0.0527. The first-order chi connectivity index (χ1) is 16.6. The number of halogens is 7. The number of methoxy groups -OCH3 is 1. The smallest absolute Gasteiger partial charge is 0.387 e. The van der Waals surface area contributed by atoms with Crippen LogP contribution in [0.3, 0.4) is 0 Å². The maximum atomic E-state index is 12.4. The van der Waals surface area contributed by atoms with E-state index in [2.05, 4.69) is 4.74 Å². The van der Waals surface area contributed by atoms with Gasteiger partial charge in [-0.15, -0.1) is 0 Å². The second-order valence-electron chi connectivity index (χ2n) is 6.86. The molecule has 0 amide bonds. The van der Waals surface area contributed by atoms with Crippen LogP contribution in [0.1, 0.15) is 21.5 Å². The van der Waals surface area contributed by atoms with E-state index in [9.17, 15) is 13.6 Å². The molecule has 11 heteroatoms. The van der Waals surface area contributed by atoms with Crippen LogP contribution in [-0.4, -0.2) is 19.5 Å². The predicted molar refractivity (Wildman–Crippen MR) is 135 cm³/mol. The number of ether oxygens (including phenoxy) is 3. The fraction of sp³-hybridized carbons (Fsp3) is 0.125. The largest absolute Gasteiger partial charge is 0.496 e. The van der Waals surface area contributed by atoms with E-state index in [1.165, 1.54) is 37.5 Å². The van der Waals surface area contributed by atoms with Crippen molar-refractivity contribution in [3.8, 4) is 17.2 Å². The van der Waals surface area contributed by atoms with Gasteiger partial charge in [0.05, 0.1) is 22.2 Å². The van der Waals surface area contributed by atoms with Crippen LogP contribution >= 0.6 is 58.0 Å². The molecule has 0 N–H and O–H groups in total. The van der Waals surface area contributed by atoms with Crippen molar-refractivity contribution in [3.63, 3.8) is 0 Å². The van der Waals surface area contributed by atoms with Gasteiger partial charge in [0.25, 0.3) is 0 Å². The quantitative estimate of drug-likeness (QED) is 0.109. The average Bonchev–Trinajstić information content (AvgIpc) is 2.85. The summed E-state index contributed by atoms with van der Waals surface area (Å²) in [7, 11) is 1.50. The Morgan fingerprint density at radius 2 is 1.51 bits per heavy atom. The molecule has 0 heterocycles. The molecule has 0 bridgehead atoms. The molecule has 0 aliphatic carbocycles. The highest BCUT2D eigenvalue weighted by Gasteiger charge is 2.21. The lowest BCUT2D eigenvalue weighted by molar-refractivity contribution is -0.0498. The number of carbonyl (C=O) groups excluding carboxylic acids is 1.